The van der Waals surface area contributed by atoms with Crippen LogP contribution in [0.25, 0.3) is 0 Å². The molecule has 0 aromatic carbocycles. The minimum Gasteiger partial charge on any atom is -0.317 e. The number of rotatable bonds is 3. The third-order valence-corrected chi connectivity index (χ3v) is 3.32. The van der Waals surface area contributed by atoms with Crippen LogP contribution in [0.2, 0.25) is 0 Å². The monoisotopic (exact) mass is 225 g/mol. The number of Topliss-reactive ketones (excluding diaryl/α,β-unsaturated/α-hetero) is 1. The zero-order chi connectivity index (χ0) is 11.5. The highest BCUT2D eigenvalue weighted by Crippen LogP contribution is 2.26. The van der Waals surface area contributed by atoms with Gasteiger partial charge in [-0.3, -0.25) is 9.89 Å². The number of carbonyl (C=O) groups is 1. The second-order valence-corrected chi connectivity index (χ2v) is 4.31. The molecule has 1 saturated carbocycles. The first kappa shape index (κ1) is 11.3. The number of aromatic amines is 1. The first-order valence-corrected chi connectivity index (χ1v) is 5.63. The van der Waals surface area contributed by atoms with Gasteiger partial charge in [-0.15, -0.1) is 5.10 Å². The van der Waals surface area contributed by atoms with Gasteiger partial charge < -0.3 is 5.32 Å². The molecule has 1 aliphatic carbocycles. The van der Waals surface area contributed by atoms with Gasteiger partial charge in [-0.25, -0.2) is 0 Å². The van der Waals surface area contributed by atoms with Gasteiger partial charge in [0.1, 0.15) is 5.69 Å². The summed E-state index contributed by atoms with van der Waals surface area (Å²) in [5.74, 6) is -0.609. The minimum atomic E-state index is -0.618. The van der Waals surface area contributed by atoms with Crippen LogP contribution in [0.5, 0.6) is 0 Å². The second-order valence-electron chi connectivity index (χ2n) is 4.31. The summed E-state index contributed by atoms with van der Waals surface area (Å²) in [5, 5.41) is 8.99. The van der Waals surface area contributed by atoms with Gasteiger partial charge in [-0.1, -0.05) is 0 Å². The van der Waals surface area contributed by atoms with Crippen LogP contribution in [-0.2, 0) is 0 Å². The molecule has 5 heteroatoms. The Hall–Kier alpha value is -1.23. The topological polar surface area (TPSA) is 57.8 Å². The average molecular weight is 225 g/mol. The Labute approximate surface area is 93.6 Å². The molecule has 0 aliphatic heterocycles. The molecule has 1 aromatic heterocycles. The van der Waals surface area contributed by atoms with Crippen LogP contribution < -0.4 is 5.32 Å². The van der Waals surface area contributed by atoms with Crippen molar-refractivity contribution in [2.24, 2.45) is 5.92 Å². The van der Waals surface area contributed by atoms with Gasteiger partial charge in [0.2, 0.25) is 5.95 Å². The van der Waals surface area contributed by atoms with Crippen LogP contribution in [0.4, 0.5) is 4.39 Å². The second kappa shape index (κ2) is 4.74. The lowest BCUT2D eigenvalue weighted by Crippen LogP contribution is -2.32. The molecule has 0 radical (unpaired) electrons. The maximum atomic E-state index is 12.7. The van der Waals surface area contributed by atoms with E-state index in [1.54, 1.807) is 0 Å². The van der Waals surface area contributed by atoms with Crippen molar-refractivity contribution in [1.82, 2.24) is 15.5 Å². The Morgan fingerprint density at radius 3 is 2.69 bits per heavy atom. The van der Waals surface area contributed by atoms with E-state index in [1.165, 1.54) is 6.07 Å². The molecule has 1 heterocycles. The van der Waals surface area contributed by atoms with E-state index in [0.717, 1.165) is 25.7 Å². The molecule has 0 amide bonds. The van der Waals surface area contributed by atoms with Crippen molar-refractivity contribution in [1.29, 1.82) is 0 Å². The Kier molecular flexibility index (Phi) is 3.33. The highest BCUT2D eigenvalue weighted by Gasteiger charge is 2.27. The normalized spacial score (nSPS) is 25.6. The fraction of sp³-hybridized carbons (Fsp3) is 0.636. The molecular weight excluding hydrogens is 209 g/mol. The first-order chi connectivity index (χ1) is 7.70. The van der Waals surface area contributed by atoms with Crippen molar-refractivity contribution in [2.45, 2.75) is 31.7 Å². The van der Waals surface area contributed by atoms with Crippen LogP contribution in [0.15, 0.2) is 6.07 Å². The molecule has 0 saturated heterocycles. The van der Waals surface area contributed by atoms with Crippen molar-refractivity contribution in [3.63, 3.8) is 0 Å². The molecule has 1 aliphatic rings. The van der Waals surface area contributed by atoms with Crippen LogP contribution in [0.3, 0.4) is 0 Å². The molecule has 0 unspecified atom stereocenters. The van der Waals surface area contributed by atoms with Crippen molar-refractivity contribution < 1.29 is 9.18 Å². The molecule has 0 spiro atoms. The Morgan fingerprint density at radius 2 is 2.19 bits per heavy atom. The largest absolute Gasteiger partial charge is 0.317 e. The number of hydrogen-bond donors (Lipinski definition) is 2. The third kappa shape index (κ3) is 2.29. The molecule has 1 fully saturated rings. The fourth-order valence-corrected chi connectivity index (χ4v) is 2.29. The maximum absolute atomic E-state index is 12.7. The Bertz CT molecular complexity index is 369. The van der Waals surface area contributed by atoms with Crippen molar-refractivity contribution >= 4 is 5.78 Å². The summed E-state index contributed by atoms with van der Waals surface area (Å²) < 4.78 is 12.7. The van der Waals surface area contributed by atoms with Gasteiger partial charge in [0.15, 0.2) is 5.78 Å². The quantitative estimate of drug-likeness (QED) is 0.767. The number of carbonyl (C=O) groups excluding carboxylic acids is 1. The average Bonchev–Trinajstić information content (AvgIpc) is 2.75. The third-order valence-electron chi connectivity index (χ3n) is 3.32. The summed E-state index contributed by atoms with van der Waals surface area (Å²) >= 11 is 0. The lowest BCUT2D eigenvalue weighted by Gasteiger charge is -2.26. The highest BCUT2D eigenvalue weighted by atomic mass is 19.1. The van der Waals surface area contributed by atoms with Crippen LogP contribution in [-0.4, -0.2) is 29.1 Å². The lowest BCUT2D eigenvalue weighted by molar-refractivity contribution is 0.0875. The van der Waals surface area contributed by atoms with Gasteiger partial charge in [0.25, 0.3) is 0 Å². The van der Waals surface area contributed by atoms with Gasteiger partial charge in [0, 0.05) is 18.0 Å². The van der Waals surface area contributed by atoms with E-state index >= 15 is 0 Å². The zero-order valence-corrected chi connectivity index (χ0v) is 9.29. The molecular formula is C11H16FN3O. The van der Waals surface area contributed by atoms with Crippen LogP contribution in [0.1, 0.15) is 36.2 Å². The number of aromatic nitrogens is 2. The minimum absolute atomic E-state index is 0.00838. The molecule has 1 aromatic rings. The van der Waals surface area contributed by atoms with E-state index in [1.807, 2.05) is 7.05 Å². The van der Waals surface area contributed by atoms with E-state index in [0.29, 0.717) is 11.7 Å². The summed E-state index contributed by atoms with van der Waals surface area (Å²) in [6.45, 7) is 0. The summed E-state index contributed by atoms with van der Waals surface area (Å²) in [7, 11) is 1.94. The SMILES string of the molecule is CNC1CCC(C(=O)c2cc(F)n[nH]2)CC1. The van der Waals surface area contributed by atoms with E-state index in [2.05, 4.69) is 15.5 Å². The number of H-pyrrole nitrogens is 1. The smallest absolute Gasteiger partial charge is 0.233 e. The van der Waals surface area contributed by atoms with Gasteiger partial charge in [0.05, 0.1) is 0 Å². The maximum Gasteiger partial charge on any atom is 0.233 e. The van der Waals surface area contributed by atoms with Gasteiger partial charge >= 0.3 is 0 Å². The van der Waals surface area contributed by atoms with E-state index in [-0.39, 0.29) is 11.7 Å². The first-order valence-electron chi connectivity index (χ1n) is 5.63. The number of nitrogens with zero attached hydrogens (tertiary/aromatic N) is 1. The number of nitrogens with one attached hydrogen (secondary N) is 2. The van der Waals surface area contributed by atoms with Crippen molar-refractivity contribution in [3.8, 4) is 0 Å². The summed E-state index contributed by atoms with van der Waals surface area (Å²) in [5.41, 5.74) is 0.297. The van der Waals surface area contributed by atoms with E-state index < -0.39 is 5.95 Å². The molecule has 2 N–H and O–H groups in total. The van der Waals surface area contributed by atoms with Crippen molar-refractivity contribution in [2.75, 3.05) is 7.05 Å². The Morgan fingerprint density at radius 1 is 1.50 bits per heavy atom. The molecule has 2 rings (SSSR count). The van der Waals surface area contributed by atoms with Gasteiger partial charge in [-0.2, -0.15) is 4.39 Å². The van der Waals surface area contributed by atoms with E-state index in [4.69, 9.17) is 0 Å². The fourth-order valence-electron chi connectivity index (χ4n) is 2.29. The van der Waals surface area contributed by atoms with Gasteiger partial charge in [-0.05, 0) is 32.7 Å². The van der Waals surface area contributed by atoms with E-state index in [9.17, 15) is 9.18 Å². The highest BCUT2D eigenvalue weighted by molar-refractivity contribution is 5.96. The van der Waals surface area contributed by atoms with Crippen LogP contribution in [0, 0.1) is 11.9 Å². The zero-order valence-electron chi connectivity index (χ0n) is 9.29. The molecule has 88 valence electrons. The summed E-state index contributed by atoms with van der Waals surface area (Å²) in [4.78, 5) is 11.9. The number of ketones is 1. The molecule has 4 nitrogen and oxygen atoms in total. The standard InChI is InChI=1S/C11H16FN3O/c1-13-8-4-2-7(3-5-8)11(16)9-6-10(12)15-14-9/h6-8,13H,2-5H2,1H3,(H,14,15). The predicted octanol–water partition coefficient (Wildman–Crippen LogP) is 1.51. The number of halogens is 1. The predicted molar refractivity (Wildman–Crippen MR) is 57.7 cm³/mol. The molecule has 0 bridgehead atoms. The lowest BCUT2D eigenvalue weighted by atomic mass is 9.83. The Balaban J connectivity index is 1.96. The summed E-state index contributed by atoms with van der Waals surface area (Å²) in [6, 6.07) is 1.69. The van der Waals surface area contributed by atoms with Crippen LogP contribution >= 0.6 is 0 Å². The molecule has 0 atom stereocenters. The molecule has 16 heavy (non-hydrogen) atoms. The number of hydrogen-bond acceptors (Lipinski definition) is 3. The van der Waals surface area contributed by atoms with Crippen molar-refractivity contribution in [3.05, 3.63) is 17.7 Å². The summed E-state index contributed by atoms with van der Waals surface area (Å²) in [6.07, 6.45) is 3.74.